The van der Waals surface area contributed by atoms with Crippen molar-refractivity contribution in [1.29, 1.82) is 0 Å². The fourth-order valence-corrected chi connectivity index (χ4v) is 4.00. The van der Waals surface area contributed by atoms with Crippen LogP contribution in [0.5, 0.6) is 0 Å². The molecule has 3 heterocycles. The van der Waals surface area contributed by atoms with Crippen LogP contribution >= 0.6 is 0 Å². The highest BCUT2D eigenvalue weighted by molar-refractivity contribution is 5.98. The number of benzene rings is 1. The molecule has 0 saturated heterocycles. The van der Waals surface area contributed by atoms with Crippen molar-refractivity contribution in [3.8, 4) is 0 Å². The third-order valence-electron chi connectivity index (χ3n) is 5.89. The minimum atomic E-state index is 0.654. The first-order chi connectivity index (χ1) is 18.0. The molecule has 0 aliphatic heterocycles. The molecule has 4 aromatic rings. The van der Waals surface area contributed by atoms with E-state index < -0.39 is 0 Å². The van der Waals surface area contributed by atoms with Crippen LogP contribution in [-0.4, -0.2) is 14.5 Å². The molecule has 0 unspecified atom stereocenters. The third-order valence-corrected chi connectivity index (χ3v) is 5.89. The number of aryl methyl sites for hydroxylation is 1. The van der Waals surface area contributed by atoms with E-state index in [4.69, 9.17) is 5.73 Å². The first-order valence-electron chi connectivity index (χ1n) is 12.5. The molecule has 4 rings (SSSR count). The number of hydrogen-bond donors (Lipinski definition) is 1. The van der Waals surface area contributed by atoms with E-state index in [0.29, 0.717) is 5.70 Å². The number of pyridine rings is 2. The van der Waals surface area contributed by atoms with Crippen molar-refractivity contribution in [1.82, 2.24) is 14.5 Å². The molecule has 0 amide bonds. The Morgan fingerprint density at radius 3 is 2.30 bits per heavy atom. The van der Waals surface area contributed by atoms with Gasteiger partial charge < -0.3 is 10.3 Å². The third kappa shape index (κ3) is 6.83. The van der Waals surface area contributed by atoms with Gasteiger partial charge in [-0.05, 0) is 82.2 Å². The Hall–Kier alpha value is -4.44. The van der Waals surface area contributed by atoms with Crippen molar-refractivity contribution >= 4 is 34.4 Å². The van der Waals surface area contributed by atoms with Crippen LogP contribution in [-0.2, 0) is 6.42 Å². The zero-order chi connectivity index (χ0) is 26.6. The van der Waals surface area contributed by atoms with Gasteiger partial charge in [0, 0.05) is 52.7 Å². The van der Waals surface area contributed by atoms with Gasteiger partial charge in [0.2, 0.25) is 0 Å². The summed E-state index contributed by atoms with van der Waals surface area (Å²) in [5, 5.41) is 1.17. The van der Waals surface area contributed by atoms with Crippen LogP contribution in [0.3, 0.4) is 0 Å². The summed E-state index contributed by atoms with van der Waals surface area (Å²) in [5.74, 6) is 0. The molecule has 4 heteroatoms. The quantitative estimate of drug-likeness (QED) is 0.211. The number of allylic oxidation sites excluding steroid dienone is 6. The van der Waals surface area contributed by atoms with Crippen molar-refractivity contribution in [3.63, 3.8) is 0 Å². The van der Waals surface area contributed by atoms with Gasteiger partial charge in [0.25, 0.3) is 0 Å². The lowest BCUT2D eigenvalue weighted by molar-refractivity contribution is 1.12. The molecule has 37 heavy (non-hydrogen) atoms. The second-order valence-corrected chi connectivity index (χ2v) is 8.56. The molecule has 0 radical (unpaired) electrons. The van der Waals surface area contributed by atoms with Crippen molar-refractivity contribution in [2.24, 2.45) is 5.73 Å². The maximum absolute atomic E-state index is 6.55. The monoisotopic (exact) mass is 488 g/mol. The van der Waals surface area contributed by atoms with E-state index in [9.17, 15) is 0 Å². The van der Waals surface area contributed by atoms with Gasteiger partial charge in [-0.1, -0.05) is 54.7 Å². The summed E-state index contributed by atoms with van der Waals surface area (Å²) >= 11 is 0. The molecule has 0 aliphatic carbocycles. The Labute approximate surface area is 220 Å². The standard InChI is InChI=1S/C29H28N4.C4H8/c1-4-8-28-25(5-2)26-17-21(3)11-14-29(26)33(28)24(13-12-22-9-6-15-31-19-22)18-27(30)23-10-7-16-32-20-23;1-3-4-2/h4-11,13-20H,2,12,30H2,1,3H3;3-4H,1-2H3/b8-4-,24-13+,27-18-;4-3-. The van der Waals surface area contributed by atoms with Gasteiger partial charge in [-0.25, -0.2) is 0 Å². The first-order valence-corrected chi connectivity index (χ1v) is 12.5. The van der Waals surface area contributed by atoms with Crippen LogP contribution in [0.25, 0.3) is 34.4 Å². The van der Waals surface area contributed by atoms with E-state index in [2.05, 4.69) is 70.5 Å². The largest absolute Gasteiger partial charge is 0.398 e. The van der Waals surface area contributed by atoms with Crippen molar-refractivity contribution in [3.05, 3.63) is 132 Å². The maximum atomic E-state index is 6.55. The lowest BCUT2D eigenvalue weighted by Crippen LogP contribution is -2.03. The smallest absolute Gasteiger partial charge is 0.0541 e. The molecule has 0 fully saturated rings. The van der Waals surface area contributed by atoms with Crippen LogP contribution in [0, 0.1) is 6.92 Å². The van der Waals surface area contributed by atoms with Crippen molar-refractivity contribution in [2.75, 3.05) is 0 Å². The summed E-state index contributed by atoms with van der Waals surface area (Å²) in [7, 11) is 0. The highest BCUT2D eigenvalue weighted by Crippen LogP contribution is 2.33. The highest BCUT2D eigenvalue weighted by atomic mass is 15.0. The Morgan fingerprint density at radius 1 is 0.973 bits per heavy atom. The van der Waals surface area contributed by atoms with E-state index in [1.54, 1.807) is 18.6 Å². The predicted octanol–water partition coefficient (Wildman–Crippen LogP) is 8.08. The van der Waals surface area contributed by atoms with Crippen LogP contribution < -0.4 is 5.73 Å². The second kappa shape index (κ2) is 13.6. The molecule has 0 spiro atoms. The van der Waals surface area contributed by atoms with Crippen LogP contribution in [0.4, 0.5) is 0 Å². The molecule has 0 aliphatic rings. The topological polar surface area (TPSA) is 56.7 Å². The summed E-state index contributed by atoms with van der Waals surface area (Å²) < 4.78 is 2.26. The Balaban J connectivity index is 0.000000886. The van der Waals surface area contributed by atoms with Crippen molar-refractivity contribution in [2.45, 2.75) is 34.1 Å². The number of nitrogens with two attached hydrogens (primary N) is 1. The first kappa shape index (κ1) is 27.2. The summed E-state index contributed by atoms with van der Waals surface area (Å²) in [5.41, 5.74) is 14.7. The number of rotatable bonds is 7. The SMILES string of the molecule is C/C=C\C.C=Cc1c(/C=C\C)n(C(/C=C(\N)c2cccnc2)=C/Cc2cccnc2)c2ccc(C)cc12. The van der Waals surface area contributed by atoms with Crippen LogP contribution in [0.15, 0.2) is 104 Å². The molecule has 0 saturated carbocycles. The summed E-state index contributed by atoms with van der Waals surface area (Å²) in [6.07, 6.45) is 22.3. The normalized spacial score (nSPS) is 12.2. The Morgan fingerprint density at radius 2 is 1.70 bits per heavy atom. The molecule has 0 atom stereocenters. The van der Waals surface area contributed by atoms with Gasteiger partial charge in [0.1, 0.15) is 0 Å². The average molecular weight is 489 g/mol. The zero-order valence-electron chi connectivity index (χ0n) is 22.2. The van der Waals surface area contributed by atoms with Crippen molar-refractivity contribution < 1.29 is 0 Å². The molecule has 2 N–H and O–H groups in total. The van der Waals surface area contributed by atoms with Gasteiger partial charge in [0.15, 0.2) is 0 Å². The fraction of sp³-hybridized carbons (Fsp3) is 0.152. The molecule has 1 aromatic carbocycles. The van der Waals surface area contributed by atoms with Gasteiger partial charge in [0.05, 0.1) is 11.2 Å². The molecule has 3 aromatic heterocycles. The average Bonchev–Trinajstić information content (AvgIpc) is 3.24. The van der Waals surface area contributed by atoms with E-state index in [-0.39, 0.29) is 0 Å². The van der Waals surface area contributed by atoms with E-state index in [1.807, 2.05) is 69.5 Å². The van der Waals surface area contributed by atoms with Gasteiger partial charge in [-0.15, -0.1) is 0 Å². The summed E-state index contributed by atoms with van der Waals surface area (Å²) in [6, 6.07) is 14.4. The lowest BCUT2D eigenvalue weighted by atomic mass is 10.1. The molecule has 0 bridgehead atoms. The minimum Gasteiger partial charge on any atom is -0.398 e. The number of fused-ring (bicyclic) bond motifs is 1. The number of aromatic nitrogens is 3. The minimum absolute atomic E-state index is 0.654. The van der Waals surface area contributed by atoms with E-state index in [0.717, 1.165) is 40.0 Å². The molecular weight excluding hydrogens is 452 g/mol. The van der Waals surface area contributed by atoms with Crippen LogP contribution in [0.2, 0.25) is 0 Å². The fourth-order valence-electron chi connectivity index (χ4n) is 4.00. The summed E-state index contributed by atoms with van der Waals surface area (Å²) in [4.78, 5) is 8.48. The van der Waals surface area contributed by atoms with E-state index >= 15 is 0 Å². The summed E-state index contributed by atoms with van der Waals surface area (Å²) in [6.45, 7) is 12.2. The van der Waals surface area contributed by atoms with Crippen LogP contribution in [0.1, 0.15) is 48.7 Å². The van der Waals surface area contributed by atoms with E-state index in [1.165, 1.54) is 10.9 Å². The Kier molecular flexibility index (Phi) is 9.98. The zero-order valence-corrected chi connectivity index (χ0v) is 22.2. The second-order valence-electron chi connectivity index (χ2n) is 8.56. The molecule has 188 valence electrons. The van der Waals surface area contributed by atoms with Gasteiger partial charge in [-0.2, -0.15) is 0 Å². The molecular formula is C33H36N4. The molecule has 4 nitrogen and oxygen atoms in total. The van der Waals surface area contributed by atoms with Gasteiger partial charge in [-0.3, -0.25) is 9.97 Å². The van der Waals surface area contributed by atoms with Gasteiger partial charge >= 0.3 is 0 Å². The predicted molar refractivity (Wildman–Crippen MR) is 161 cm³/mol. The number of hydrogen-bond acceptors (Lipinski definition) is 3. The number of nitrogens with zero attached hydrogens (tertiary/aromatic N) is 3. The Bertz CT molecular complexity index is 1430. The highest BCUT2D eigenvalue weighted by Gasteiger charge is 2.16. The maximum Gasteiger partial charge on any atom is 0.0541 e. The lowest BCUT2D eigenvalue weighted by Gasteiger charge is -2.13.